The maximum Gasteiger partial charge on any atom is 0.325 e. The van der Waals surface area contributed by atoms with Gasteiger partial charge in [0.25, 0.3) is 5.91 Å². The van der Waals surface area contributed by atoms with Crippen molar-refractivity contribution < 1.29 is 19.4 Å². The highest BCUT2D eigenvalue weighted by Crippen LogP contribution is 2.06. The number of amides is 1. The van der Waals surface area contributed by atoms with Crippen molar-refractivity contribution in [2.24, 2.45) is 0 Å². The number of carbonyl (C=O) groups excluding carboxylic acids is 1. The molecule has 1 rings (SSSR count). The molecule has 0 saturated heterocycles. The smallest absolute Gasteiger partial charge is 0.325 e. The summed E-state index contributed by atoms with van der Waals surface area (Å²) < 4.78 is 6.34. The number of anilines is 1. The van der Waals surface area contributed by atoms with Crippen molar-refractivity contribution in [3.8, 4) is 0 Å². The maximum absolute atomic E-state index is 11.5. The average molecular weight is 241 g/mol. The number of aromatic nitrogens is 2. The van der Waals surface area contributed by atoms with E-state index in [9.17, 15) is 9.59 Å². The molecule has 1 aromatic heterocycles. The van der Waals surface area contributed by atoms with Crippen LogP contribution in [0.1, 0.15) is 13.8 Å². The average Bonchev–Trinajstić information content (AvgIpc) is 2.64. The summed E-state index contributed by atoms with van der Waals surface area (Å²) in [5.41, 5.74) is 0.447. The number of aliphatic carboxylic acids is 1. The molecule has 0 aliphatic carbocycles. The van der Waals surface area contributed by atoms with E-state index in [0.29, 0.717) is 12.3 Å². The quantitative estimate of drug-likeness (QED) is 0.748. The fourth-order valence-electron chi connectivity index (χ4n) is 1.22. The Balaban J connectivity index is 2.54. The second-order valence-corrected chi connectivity index (χ2v) is 3.41. The third-order valence-electron chi connectivity index (χ3n) is 1.98. The first-order valence-electron chi connectivity index (χ1n) is 5.19. The van der Waals surface area contributed by atoms with E-state index >= 15 is 0 Å². The second-order valence-electron chi connectivity index (χ2n) is 3.41. The van der Waals surface area contributed by atoms with E-state index in [1.54, 1.807) is 13.8 Å². The Bertz CT molecular complexity index is 402. The summed E-state index contributed by atoms with van der Waals surface area (Å²) in [6.45, 7) is 3.65. The number of nitrogens with zero attached hydrogens (tertiary/aromatic N) is 2. The van der Waals surface area contributed by atoms with Crippen LogP contribution in [0.3, 0.4) is 0 Å². The molecule has 0 fully saturated rings. The first kappa shape index (κ1) is 13.2. The van der Waals surface area contributed by atoms with Gasteiger partial charge in [-0.15, -0.1) is 0 Å². The summed E-state index contributed by atoms with van der Waals surface area (Å²) in [6, 6.07) is 0. The van der Waals surface area contributed by atoms with E-state index < -0.39 is 12.1 Å². The van der Waals surface area contributed by atoms with Crippen LogP contribution in [0.2, 0.25) is 0 Å². The van der Waals surface area contributed by atoms with Crippen molar-refractivity contribution in [3.63, 3.8) is 0 Å². The topological polar surface area (TPSA) is 93.5 Å². The number of hydrogen-bond donors (Lipinski definition) is 2. The van der Waals surface area contributed by atoms with Gasteiger partial charge in [0.05, 0.1) is 11.9 Å². The Morgan fingerprint density at radius 3 is 2.94 bits per heavy atom. The van der Waals surface area contributed by atoms with Gasteiger partial charge in [0, 0.05) is 12.8 Å². The lowest BCUT2D eigenvalue weighted by Crippen LogP contribution is -2.27. The SMILES string of the molecule is CCOC(C)C(=O)Nc1cnn(CC(=O)O)c1. The predicted octanol–water partition coefficient (Wildman–Crippen LogP) is 0.331. The number of nitrogens with one attached hydrogen (secondary N) is 1. The molecule has 0 aliphatic heterocycles. The predicted molar refractivity (Wildman–Crippen MR) is 59.6 cm³/mol. The van der Waals surface area contributed by atoms with Gasteiger partial charge in [0.15, 0.2) is 0 Å². The second kappa shape index (κ2) is 6.00. The Hall–Kier alpha value is -1.89. The number of hydrogen-bond acceptors (Lipinski definition) is 4. The molecule has 1 amide bonds. The molecule has 2 N–H and O–H groups in total. The van der Waals surface area contributed by atoms with E-state index in [-0.39, 0.29) is 12.5 Å². The molecule has 7 heteroatoms. The highest BCUT2D eigenvalue weighted by molar-refractivity contribution is 5.93. The molecule has 1 unspecified atom stereocenters. The molecule has 1 heterocycles. The largest absolute Gasteiger partial charge is 0.480 e. The van der Waals surface area contributed by atoms with Crippen LogP contribution in [-0.2, 0) is 20.9 Å². The summed E-state index contributed by atoms with van der Waals surface area (Å²) >= 11 is 0. The summed E-state index contributed by atoms with van der Waals surface area (Å²) in [5.74, 6) is -1.28. The summed E-state index contributed by atoms with van der Waals surface area (Å²) in [6.07, 6.45) is 2.28. The fraction of sp³-hybridized carbons (Fsp3) is 0.500. The minimum absolute atomic E-state index is 0.239. The summed E-state index contributed by atoms with van der Waals surface area (Å²) in [4.78, 5) is 22.0. The van der Waals surface area contributed by atoms with Crippen molar-refractivity contribution in [3.05, 3.63) is 12.4 Å². The molecule has 0 aromatic carbocycles. The van der Waals surface area contributed by atoms with Crippen LogP contribution in [0.5, 0.6) is 0 Å². The zero-order chi connectivity index (χ0) is 12.8. The van der Waals surface area contributed by atoms with Crippen molar-refractivity contribution in [2.75, 3.05) is 11.9 Å². The van der Waals surface area contributed by atoms with Crippen molar-refractivity contribution in [1.82, 2.24) is 9.78 Å². The first-order chi connectivity index (χ1) is 8.02. The Labute approximate surface area is 98.4 Å². The van der Waals surface area contributed by atoms with E-state index in [2.05, 4.69) is 10.4 Å². The van der Waals surface area contributed by atoms with E-state index in [1.165, 1.54) is 17.1 Å². The molecule has 0 radical (unpaired) electrons. The molecular weight excluding hydrogens is 226 g/mol. The normalized spacial score (nSPS) is 12.1. The number of ether oxygens (including phenoxy) is 1. The zero-order valence-electron chi connectivity index (χ0n) is 9.71. The third-order valence-corrected chi connectivity index (χ3v) is 1.98. The molecule has 1 aromatic rings. The highest BCUT2D eigenvalue weighted by Gasteiger charge is 2.13. The minimum atomic E-state index is -0.992. The van der Waals surface area contributed by atoms with E-state index in [0.717, 1.165) is 0 Å². The lowest BCUT2D eigenvalue weighted by molar-refractivity contribution is -0.137. The van der Waals surface area contributed by atoms with Crippen LogP contribution in [-0.4, -0.2) is 39.5 Å². The van der Waals surface area contributed by atoms with Gasteiger partial charge in [0.2, 0.25) is 0 Å². The fourth-order valence-corrected chi connectivity index (χ4v) is 1.22. The lowest BCUT2D eigenvalue weighted by atomic mass is 10.3. The van der Waals surface area contributed by atoms with Gasteiger partial charge in [-0.1, -0.05) is 0 Å². The van der Waals surface area contributed by atoms with E-state index in [1.807, 2.05) is 0 Å². The van der Waals surface area contributed by atoms with Crippen LogP contribution in [0.15, 0.2) is 12.4 Å². The van der Waals surface area contributed by atoms with Gasteiger partial charge >= 0.3 is 5.97 Å². The number of carboxylic acid groups (broad SMARTS) is 1. The molecule has 1 atom stereocenters. The van der Waals surface area contributed by atoms with Crippen LogP contribution in [0.25, 0.3) is 0 Å². The lowest BCUT2D eigenvalue weighted by Gasteiger charge is -2.10. The zero-order valence-corrected chi connectivity index (χ0v) is 9.71. The maximum atomic E-state index is 11.5. The van der Waals surface area contributed by atoms with E-state index in [4.69, 9.17) is 9.84 Å². The first-order valence-corrected chi connectivity index (χ1v) is 5.19. The molecule has 17 heavy (non-hydrogen) atoms. The van der Waals surface area contributed by atoms with Gasteiger partial charge in [-0.2, -0.15) is 5.10 Å². The molecule has 0 spiro atoms. The van der Waals surface area contributed by atoms with Crippen LogP contribution >= 0.6 is 0 Å². The van der Waals surface area contributed by atoms with Gasteiger partial charge in [0.1, 0.15) is 12.6 Å². The van der Waals surface area contributed by atoms with Crippen molar-refractivity contribution in [1.29, 1.82) is 0 Å². The molecule has 7 nitrogen and oxygen atoms in total. The number of rotatable bonds is 6. The number of carbonyl (C=O) groups is 2. The molecule has 0 saturated carbocycles. The summed E-state index contributed by atoms with van der Waals surface area (Å²) in [5, 5.41) is 14.9. The minimum Gasteiger partial charge on any atom is -0.480 e. The van der Waals surface area contributed by atoms with Gasteiger partial charge in [-0.05, 0) is 13.8 Å². The molecular formula is C10H15N3O4. The van der Waals surface area contributed by atoms with Crippen LogP contribution in [0, 0.1) is 0 Å². The third kappa shape index (κ3) is 4.23. The standard InChI is InChI=1S/C10H15N3O4/c1-3-17-7(2)10(16)12-8-4-11-13(5-8)6-9(14)15/h4-5,7H,3,6H2,1-2H3,(H,12,16)(H,14,15). The van der Waals surface area contributed by atoms with Crippen molar-refractivity contribution >= 4 is 17.6 Å². The summed E-state index contributed by atoms with van der Waals surface area (Å²) in [7, 11) is 0. The van der Waals surface area contributed by atoms with Crippen LogP contribution in [0.4, 0.5) is 5.69 Å². The van der Waals surface area contributed by atoms with Crippen molar-refractivity contribution in [2.45, 2.75) is 26.5 Å². The molecule has 0 bridgehead atoms. The Kier molecular flexibility index (Phi) is 4.65. The Morgan fingerprint density at radius 1 is 1.65 bits per heavy atom. The highest BCUT2D eigenvalue weighted by atomic mass is 16.5. The van der Waals surface area contributed by atoms with Gasteiger partial charge in [-0.3, -0.25) is 14.3 Å². The Morgan fingerprint density at radius 2 is 2.35 bits per heavy atom. The van der Waals surface area contributed by atoms with Gasteiger partial charge < -0.3 is 15.2 Å². The van der Waals surface area contributed by atoms with Gasteiger partial charge in [-0.25, -0.2) is 0 Å². The monoisotopic (exact) mass is 241 g/mol. The molecule has 94 valence electrons. The van der Waals surface area contributed by atoms with Crippen LogP contribution < -0.4 is 5.32 Å². The number of carboxylic acids is 1. The molecule has 0 aliphatic rings.